The van der Waals surface area contributed by atoms with Gasteiger partial charge >= 0.3 is 6.03 Å². The zero-order chi connectivity index (χ0) is 22.5. The molecule has 3 N–H and O–H groups in total. The Bertz CT molecular complexity index is 1240. The van der Waals surface area contributed by atoms with Crippen molar-refractivity contribution in [1.82, 2.24) is 9.97 Å². The van der Waals surface area contributed by atoms with Crippen LogP contribution < -0.4 is 15.4 Å². The van der Waals surface area contributed by atoms with Crippen LogP contribution in [0.2, 0.25) is 5.02 Å². The third-order valence-electron chi connectivity index (χ3n) is 4.37. The number of carbonyl (C=O) groups is 1. The molecule has 32 heavy (non-hydrogen) atoms. The number of nitrogens with zero attached hydrogens (tertiary/aromatic N) is 2. The molecule has 0 unspecified atom stereocenters. The van der Waals surface area contributed by atoms with Crippen molar-refractivity contribution in [1.29, 1.82) is 0 Å². The maximum Gasteiger partial charge on any atom is 0.323 e. The van der Waals surface area contributed by atoms with Crippen LogP contribution in [0.25, 0.3) is 11.4 Å². The summed E-state index contributed by atoms with van der Waals surface area (Å²) < 4.78 is 5.82. The molecule has 2 amide bonds. The molecule has 4 rings (SSSR count). The number of benzene rings is 3. The lowest BCUT2D eigenvalue weighted by Gasteiger charge is -2.10. The molecule has 0 bridgehead atoms. The number of nitro benzene ring substituents is 1. The molecule has 0 aliphatic carbocycles. The summed E-state index contributed by atoms with van der Waals surface area (Å²) in [7, 11) is 0. The summed E-state index contributed by atoms with van der Waals surface area (Å²) in [5.41, 5.74) is 1.42. The van der Waals surface area contributed by atoms with Crippen LogP contribution in [0.5, 0.6) is 11.5 Å². The summed E-state index contributed by atoms with van der Waals surface area (Å²) >= 11 is 5.78. The smallest absolute Gasteiger partial charge is 0.323 e. The predicted molar refractivity (Wildman–Crippen MR) is 121 cm³/mol. The number of amides is 2. The summed E-state index contributed by atoms with van der Waals surface area (Å²) in [5.74, 6) is 2.02. The van der Waals surface area contributed by atoms with Crippen molar-refractivity contribution in [3.63, 3.8) is 0 Å². The molecular weight excluding hydrogens is 434 g/mol. The number of nitrogens with one attached hydrogen (secondary N) is 3. The number of carbonyl (C=O) groups excluding carboxylic acids is 1. The molecule has 1 aromatic heterocycles. The molecule has 0 aliphatic rings. The van der Waals surface area contributed by atoms with Crippen LogP contribution in [0.4, 0.5) is 21.9 Å². The van der Waals surface area contributed by atoms with Gasteiger partial charge in [0.15, 0.2) is 0 Å². The largest absolute Gasteiger partial charge is 0.457 e. The first-order valence-corrected chi connectivity index (χ1v) is 9.75. The number of H-pyrrole nitrogens is 1. The van der Waals surface area contributed by atoms with Crippen LogP contribution in [0, 0.1) is 10.1 Å². The lowest BCUT2D eigenvalue weighted by atomic mass is 10.2. The maximum absolute atomic E-state index is 12.2. The minimum atomic E-state index is -0.616. The van der Waals surface area contributed by atoms with E-state index in [2.05, 4.69) is 20.6 Å². The first kappa shape index (κ1) is 20.9. The number of rotatable bonds is 6. The van der Waals surface area contributed by atoms with E-state index in [4.69, 9.17) is 16.3 Å². The fourth-order valence-corrected chi connectivity index (χ4v) is 3.06. The van der Waals surface area contributed by atoms with Crippen molar-refractivity contribution in [2.45, 2.75) is 0 Å². The van der Waals surface area contributed by atoms with Gasteiger partial charge in [0.2, 0.25) is 0 Å². The number of halogens is 1. The van der Waals surface area contributed by atoms with Crippen LogP contribution >= 0.6 is 11.6 Å². The van der Waals surface area contributed by atoms with E-state index in [1.807, 2.05) is 24.3 Å². The molecule has 0 aliphatic heterocycles. The minimum Gasteiger partial charge on any atom is -0.457 e. The molecule has 3 aromatic carbocycles. The van der Waals surface area contributed by atoms with Gasteiger partial charge in [-0.2, -0.15) is 0 Å². The van der Waals surface area contributed by atoms with Crippen molar-refractivity contribution in [2.24, 2.45) is 0 Å². The molecule has 1 heterocycles. The molecular formula is C22H16ClN5O4. The highest BCUT2D eigenvalue weighted by Crippen LogP contribution is 2.28. The second-order valence-corrected chi connectivity index (χ2v) is 7.00. The Morgan fingerprint density at radius 3 is 2.22 bits per heavy atom. The van der Waals surface area contributed by atoms with Gasteiger partial charge in [-0.1, -0.05) is 11.6 Å². The van der Waals surface area contributed by atoms with Gasteiger partial charge in [0.05, 0.1) is 4.92 Å². The van der Waals surface area contributed by atoms with Gasteiger partial charge in [-0.25, -0.2) is 9.78 Å². The van der Waals surface area contributed by atoms with Crippen LogP contribution in [0.15, 0.2) is 79.1 Å². The zero-order valence-electron chi connectivity index (χ0n) is 16.4. The summed E-state index contributed by atoms with van der Waals surface area (Å²) in [6.07, 6.45) is 3.45. The van der Waals surface area contributed by atoms with Gasteiger partial charge in [0.25, 0.3) is 5.69 Å². The van der Waals surface area contributed by atoms with Gasteiger partial charge in [-0.3, -0.25) is 10.1 Å². The van der Waals surface area contributed by atoms with E-state index in [0.717, 1.165) is 11.4 Å². The monoisotopic (exact) mass is 449 g/mol. The van der Waals surface area contributed by atoms with Gasteiger partial charge in [0.1, 0.15) is 22.3 Å². The summed E-state index contributed by atoms with van der Waals surface area (Å²) in [5, 5.41) is 16.1. The summed E-state index contributed by atoms with van der Waals surface area (Å²) in [6.45, 7) is 0. The molecule has 160 valence electrons. The standard InChI is InChI=1S/C22H16ClN5O4/c23-19-10-5-16(13-20(19)28(30)31)27-22(29)26-15-3-8-18(9-4-15)32-17-6-1-14(2-7-17)21-24-11-12-25-21/h1-13H,(H,24,25)(H2,26,27,29). The van der Waals surface area contributed by atoms with Crippen LogP contribution in [0.1, 0.15) is 0 Å². The normalized spacial score (nSPS) is 10.4. The Morgan fingerprint density at radius 1 is 0.969 bits per heavy atom. The Hall–Kier alpha value is -4.37. The molecule has 4 aromatic rings. The molecule has 0 saturated heterocycles. The highest BCUT2D eigenvalue weighted by Gasteiger charge is 2.14. The third-order valence-corrected chi connectivity index (χ3v) is 4.69. The summed E-state index contributed by atoms with van der Waals surface area (Å²) in [4.78, 5) is 29.8. The van der Waals surface area contributed by atoms with E-state index >= 15 is 0 Å². The fourth-order valence-electron chi connectivity index (χ4n) is 2.87. The molecule has 0 radical (unpaired) electrons. The molecule has 9 nitrogen and oxygen atoms in total. The molecule has 0 spiro atoms. The molecule has 0 saturated carbocycles. The minimum absolute atomic E-state index is 0.00727. The summed E-state index contributed by atoms with van der Waals surface area (Å²) in [6, 6.07) is 17.7. The van der Waals surface area contributed by atoms with Crippen molar-refractivity contribution in [3.8, 4) is 22.9 Å². The average molecular weight is 450 g/mol. The molecule has 0 fully saturated rings. The number of urea groups is 1. The number of hydrogen-bond donors (Lipinski definition) is 3. The topological polar surface area (TPSA) is 122 Å². The van der Waals surface area contributed by atoms with E-state index in [1.165, 1.54) is 18.2 Å². The van der Waals surface area contributed by atoms with Crippen molar-refractivity contribution < 1.29 is 14.5 Å². The number of imidazole rings is 1. The highest BCUT2D eigenvalue weighted by molar-refractivity contribution is 6.32. The van der Waals surface area contributed by atoms with Gasteiger partial charge in [0, 0.05) is 35.4 Å². The second kappa shape index (κ2) is 9.19. The van der Waals surface area contributed by atoms with E-state index in [9.17, 15) is 14.9 Å². The fraction of sp³-hybridized carbons (Fsp3) is 0. The van der Waals surface area contributed by atoms with Gasteiger partial charge in [-0.05, 0) is 60.7 Å². The first-order valence-electron chi connectivity index (χ1n) is 9.37. The number of anilines is 2. The van der Waals surface area contributed by atoms with Crippen molar-refractivity contribution in [3.05, 3.63) is 94.3 Å². The number of aromatic amines is 1. The van der Waals surface area contributed by atoms with Crippen LogP contribution in [-0.2, 0) is 0 Å². The Labute approximate surface area is 187 Å². The lowest BCUT2D eigenvalue weighted by molar-refractivity contribution is -0.384. The quantitative estimate of drug-likeness (QED) is 0.243. The second-order valence-electron chi connectivity index (χ2n) is 6.59. The number of ether oxygens (including phenoxy) is 1. The van der Waals surface area contributed by atoms with E-state index in [1.54, 1.807) is 36.7 Å². The predicted octanol–water partition coefficient (Wildman–Crippen LogP) is 6.07. The van der Waals surface area contributed by atoms with Crippen molar-refractivity contribution >= 4 is 34.7 Å². The van der Waals surface area contributed by atoms with Crippen LogP contribution in [0.3, 0.4) is 0 Å². The third kappa shape index (κ3) is 5.02. The number of hydrogen-bond acceptors (Lipinski definition) is 5. The SMILES string of the molecule is O=C(Nc1ccc(Oc2ccc(-c3ncc[nH]3)cc2)cc1)Nc1ccc(Cl)c([N+](=O)[O-])c1. The lowest BCUT2D eigenvalue weighted by Crippen LogP contribution is -2.19. The Morgan fingerprint density at radius 2 is 1.59 bits per heavy atom. The maximum atomic E-state index is 12.2. The number of aromatic nitrogens is 2. The number of nitro groups is 1. The van der Waals surface area contributed by atoms with E-state index in [-0.39, 0.29) is 16.4 Å². The zero-order valence-corrected chi connectivity index (χ0v) is 17.2. The van der Waals surface area contributed by atoms with E-state index < -0.39 is 11.0 Å². The van der Waals surface area contributed by atoms with Gasteiger partial charge < -0.3 is 20.4 Å². The highest BCUT2D eigenvalue weighted by atomic mass is 35.5. The van der Waals surface area contributed by atoms with Crippen molar-refractivity contribution in [2.75, 3.05) is 10.6 Å². The van der Waals surface area contributed by atoms with Gasteiger partial charge in [-0.15, -0.1) is 0 Å². The average Bonchev–Trinajstić information content (AvgIpc) is 3.32. The Kier molecular flexibility index (Phi) is 6.00. The molecule has 10 heteroatoms. The van der Waals surface area contributed by atoms with Crippen LogP contribution in [-0.4, -0.2) is 20.9 Å². The Balaban J connectivity index is 1.35. The van der Waals surface area contributed by atoms with E-state index in [0.29, 0.717) is 17.2 Å². The first-order chi connectivity index (χ1) is 15.5. The molecule has 0 atom stereocenters.